The minimum absolute atomic E-state index is 0.0431. The van der Waals surface area contributed by atoms with E-state index in [0.29, 0.717) is 6.01 Å². The molecule has 1 aromatic rings. The monoisotopic (exact) mass is 155 g/mol. The minimum Gasteiger partial charge on any atom is -0.341 e. The van der Waals surface area contributed by atoms with Crippen LogP contribution in [0.15, 0.2) is 4.52 Å². The third-order valence-electron chi connectivity index (χ3n) is 1.31. The highest BCUT2D eigenvalue weighted by Gasteiger charge is 2.20. The minimum atomic E-state index is -0.0431. The van der Waals surface area contributed by atoms with Crippen LogP contribution in [0.25, 0.3) is 0 Å². The smallest absolute Gasteiger partial charge is 0.321 e. The number of nitrogens with one attached hydrogen (secondary N) is 1. The van der Waals surface area contributed by atoms with Gasteiger partial charge in [-0.15, -0.1) is 0 Å². The molecule has 11 heavy (non-hydrogen) atoms. The van der Waals surface area contributed by atoms with Crippen LogP contribution < -0.4 is 5.32 Å². The standard InChI is InChI=1S/C7H13N3O/c1-7(2,3)5-9-6(8-4)11-10-5/h1-4H3,(H,8,9,10). The van der Waals surface area contributed by atoms with Gasteiger partial charge in [0.25, 0.3) is 0 Å². The lowest BCUT2D eigenvalue weighted by atomic mass is 9.96. The van der Waals surface area contributed by atoms with Gasteiger partial charge < -0.3 is 9.84 Å². The summed E-state index contributed by atoms with van der Waals surface area (Å²) in [5, 5.41) is 6.59. The Morgan fingerprint density at radius 3 is 2.27 bits per heavy atom. The van der Waals surface area contributed by atoms with Crippen LogP contribution in [0.2, 0.25) is 0 Å². The maximum Gasteiger partial charge on any atom is 0.321 e. The van der Waals surface area contributed by atoms with Gasteiger partial charge in [-0.25, -0.2) is 0 Å². The summed E-state index contributed by atoms with van der Waals surface area (Å²) in [6, 6.07) is 0.468. The highest BCUT2D eigenvalue weighted by Crippen LogP contribution is 2.19. The molecule has 0 amide bonds. The zero-order valence-electron chi connectivity index (χ0n) is 7.30. The van der Waals surface area contributed by atoms with Crippen molar-refractivity contribution in [1.82, 2.24) is 10.1 Å². The van der Waals surface area contributed by atoms with Crippen LogP contribution in [0.1, 0.15) is 26.6 Å². The summed E-state index contributed by atoms with van der Waals surface area (Å²) < 4.78 is 4.87. The van der Waals surface area contributed by atoms with Crippen molar-refractivity contribution in [2.24, 2.45) is 0 Å². The Balaban J connectivity index is 2.89. The van der Waals surface area contributed by atoms with Crippen molar-refractivity contribution < 1.29 is 4.52 Å². The van der Waals surface area contributed by atoms with E-state index >= 15 is 0 Å². The molecule has 0 atom stereocenters. The molecule has 0 aliphatic carbocycles. The molecule has 0 aliphatic rings. The Kier molecular flexibility index (Phi) is 1.85. The van der Waals surface area contributed by atoms with E-state index in [1.807, 2.05) is 20.8 Å². The van der Waals surface area contributed by atoms with Crippen LogP contribution in [0.4, 0.5) is 6.01 Å². The van der Waals surface area contributed by atoms with E-state index in [2.05, 4.69) is 15.5 Å². The van der Waals surface area contributed by atoms with Crippen LogP contribution in [-0.2, 0) is 5.41 Å². The topological polar surface area (TPSA) is 51.0 Å². The summed E-state index contributed by atoms with van der Waals surface area (Å²) >= 11 is 0. The van der Waals surface area contributed by atoms with Gasteiger partial charge in [-0.3, -0.25) is 0 Å². The Bertz CT molecular complexity index is 236. The lowest BCUT2D eigenvalue weighted by Crippen LogP contribution is -2.13. The predicted octanol–water partition coefficient (Wildman–Crippen LogP) is 1.41. The van der Waals surface area contributed by atoms with Crippen LogP contribution >= 0.6 is 0 Å². The summed E-state index contributed by atoms with van der Waals surface area (Å²) in [4.78, 5) is 4.11. The summed E-state index contributed by atoms with van der Waals surface area (Å²) in [7, 11) is 1.75. The van der Waals surface area contributed by atoms with Crippen molar-refractivity contribution in [2.75, 3.05) is 12.4 Å². The molecule has 0 saturated carbocycles. The number of hydrogen-bond acceptors (Lipinski definition) is 4. The first kappa shape index (κ1) is 8.04. The Morgan fingerprint density at radius 1 is 1.36 bits per heavy atom. The number of aromatic nitrogens is 2. The molecule has 0 aromatic carbocycles. The molecule has 0 radical (unpaired) electrons. The Hall–Kier alpha value is -1.06. The van der Waals surface area contributed by atoms with Crippen molar-refractivity contribution >= 4 is 6.01 Å². The molecular formula is C7H13N3O. The fourth-order valence-electron chi connectivity index (χ4n) is 0.630. The van der Waals surface area contributed by atoms with Gasteiger partial charge in [0.15, 0.2) is 5.82 Å². The molecule has 1 heterocycles. The molecule has 0 saturated heterocycles. The van der Waals surface area contributed by atoms with Crippen LogP contribution in [0, 0.1) is 0 Å². The zero-order chi connectivity index (χ0) is 8.48. The molecule has 0 fully saturated rings. The van der Waals surface area contributed by atoms with Crippen LogP contribution in [0.5, 0.6) is 0 Å². The first-order valence-electron chi connectivity index (χ1n) is 3.56. The van der Waals surface area contributed by atoms with E-state index in [1.165, 1.54) is 0 Å². The molecule has 0 aliphatic heterocycles. The summed E-state index contributed by atoms with van der Waals surface area (Å²) in [6.07, 6.45) is 0. The third kappa shape index (κ3) is 1.69. The molecule has 1 N–H and O–H groups in total. The van der Waals surface area contributed by atoms with Crippen LogP contribution in [0.3, 0.4) is 0 Å². The van der Waals surface area contributed by atoms with Crippen molar-refractivity contribution in [2.45, 2.75) is 26.2 Å². The van der Waals surface area contributed by atoms with Gasteiger partial charge in [-0.2, -0.15) is 4.98 Å². The summed E-state index contributed by atoms with van der Waals surface area (Å²) in [5.41, 5.74) is -0.0431. The van der Waals surface area contributed by atoms with Crippen LogP contribution in [-0.4, -0.2) is 17.2 Å². The van der Waals surface area contributed by atoms with Crippen molar-refractivity contribution in [3.63, 3.8) is 0 Å². The maximum atomic E-state index is 4.87. The van der Waals surface area contributed by atoms with Gasteiger partial charge in [0.05, 0.1) is 0 Å². The highest BCUT2D eigenvalue weighted by molar-refractivity contribution is 5.18. The average Bonchev–Trinajstić information content (AvgIpc) is 2.32. The molecule has 0 spiro atoms. The maximum absolute atomic E-state index is 4.87. The lowest BCUT2D eigenvalue weighted by Gasteiger charge is -2.10. The molecule has 62 valence electrons. The molecule has 4 nitrogen and oxygen atoms in total. The Morgan fingerprint density at radius 2 is 2.00 bits per heavy atom. The number of hydrogen-bond donors (Lipinski definition) is 1. The number of rotatable bonds is 1. The van der Waals surface area contributed by atoms with Gasteiger partial charge >= 0.3 is 6.01 Å². The number of anilines is 1. The normalized spacial score (nSPS) is 11.6. The molecular weight excluding hydrogens is 142 g/mol. The van der Waals surface area contributed by atoms with E-state index in [-0.39, 0.29) is 5.41 Å². The fraction of sp³-hybridized carbons (Fsp3) is 0.714. The van der Waals surface area contributed by atoms with Gasteiger partial charge in [-0.1, -0.05) is 25.9 Å². The zero-order valence-corrected chi connectivity index (χ0v) is 7.30. The number of nitrogens with zero attached hydrogens (tertiary/aromatic N) is 2. The average molecular weight is 155 g/mol. The van der Waals surface area contributed by atoms with E-state index in [0.717, 1.165) is 5.82 Å². The van der Waals surface area contributed by atoms with Crippen molar-refractivity contribution in [1.29, 1.82) is 0 Å². The van der Waals surface area contributed by atoms with Crippen molar-refractivity contribution in [3.05, 3.63) is 5.82 Å². The highest BCUT2D eigenvalue weighted by atomic mass is 16.5. The second-order valence-corrected chi connectivity index (χ2v) is 3.42. The lowest BCUT2D eigenvalue weighted by molar-refractivity contribution is 0.404. The summed E-state index contributed by atoms with van der Waals surface area (Å²) in [5.74, 6) is 0.724. The third-order valence-corrected chi connectivity index (χ3v) is 1.31. The molecule has 1 rings (SSSR count). The first-order valence-corrected chi connectivity index (χ1v) is 3.56. The van der Waals surface area contributed by atoms with E-state index in [9.17, 15) is 0 Å². The van der Waals surface area contributed by atoms with Gasteiger partial charge in [0.2, 0.25) is 0 Å². The van der Waals surface area contributed by atoms with Gasteiger partial charge in [-0.05, 0) is 0 Å². The van der Waals surface area contributed by atoms with E-state index in [4.69, 9.17) is 4.52 Å². The van der Waals surface area contributed by atoms with Gasteiger partial charge in [0.1, 0.15) is 0 Å². The first-order chi connectivity index (χ1) is 5.04. The quantitative estimate of drug-likeness (QED) is 0.666. The molecule has 0 bridgehead atoms. The van der Waals surface area contributed by atoms with E-state index in [1.54, 1.807) is 7.05 Å². The van der Waals surface area contributed by atoms with Crippen molar-refractivity contribution in [3.8, 4) is 0 Å². The molecule has 1 aromatic heterocycles. The molecule has 0 unspecified atom stereocenters. The second-order valence-electron chi connectivity index (χ2n) is 3.42. The fourth-order valence-corrected chi connectivity index (χ4v) is 0.630. The summed E-state index contributed by atoms with van der Waals surface area (Å²) in [6.45, 7) is 6.12. The Labute approximate surface area is 66.0 Å². The van der Waals surface area contributed by atoms with E-state index < -0.39 is 0 Å². The SMILES string of the molecule is CNc1nc(C(C)(C)C)no1. The largest absolute Gasteiger partial charge is 0.341 e. The predicted molar refractivity (Wildman–Crippen MR) is 42.5 cm³/mol. The molecule has 4 heteroatoms. The van der Waals surface area contributed by atoms with Gasteiger partial charge in [0, 0.05) is 12.5 Å². The second kappa shape index (κ2) is 2.53.